The van der Waals surface area contributed by atoms with E-state index in [4.69, 9.17) is 4.74 Å². The Bertz CT molecular complexity index is 699. The minimum Gasteiger partial charge on any atom is -0.484 e. The van der Waals surface area contributed by atoms with Crippen molar-refractivity contribution in [3.8, 4) is 5.75 Å². The van der Waals surface area contributed by atoms with Crippen LogP contribution >= 0.6 is 11.3 Å². The molecule has 0 spiro atoms. The van der Waals surface area contributed by atoms with E-state index >= 15 is 0 Å². The van der Waals surface area contributed by atoms with Crippen LogP contribution in [0.25, 0.3) is 0 Å². The highest BCUT2D eigenvalue weighted by molar-refractivity contribution is 7.15. The van der Waals surface area contributed by atoms with Crippen LogP contribution in [-0.2, 0) is 11.3 Å². The number of rotatable bonds is 6. The summed E-state index contributed by atoms with van der Waals surface area (Å²) in [6, 6.07) is 8.27. The summed E-state index contributed by atoms with van der Waals surface area (Å²) in [7, 11) is 0. The second kappa shape index (κ2) is 8.45. The highest BCUT2D eigenvalue weighted by Gasteiger charge is 2.19. The lowest BCUT2D eigenvalue weighted by Gasteiger charge is -2.32. The SMILES string of the molecule is Cc1ccc(OCC(=O)Nc2ncc(CN3CCCCC3C)s2)cc1. The largest absolute Gasteiger partial charge is 0.484 e. The van der Waals surface area contributed by atoms with Gasteiger partial charge in [-0.25, -0.2) is 4.98 Å². The van der Waals surface area contributed by atoms with Crippen molar-refractivity contribution in [1.29, 1.82) is 0 Å². The van der Waals surface area contributed by atoms with E-state index in [0.717, 1.165) is 18.7 Å². The van der Waals surface area contributed by atoms with Gasteiger partial charge in [-0.3, -0.25) is 15.0 Å². The lowest BCUT2D eigenvalue weighted by Crippen LogP contribution is -2.36. The van der Waals surface area contributed by atoms with E-state index < -0.39 is 0 Å². The first-order valence-corrected chi connectivity index (χ1v) is 9.60. The number of carbonyl (C=O) groups excluding carboxylic acids is 1. The molecule has 1 aliphatic rings. The zero-order valence-electron chi connectivity index (χ0n) is 14.8. The summed E-state index contributed by atoms with van der Waals surface area (Å²) in [4.78, 5) is 20.0. The smallest absolute Gasteiger partial charge is 0.264 e. The highest BCUT2D eigenvalue weighted by Crippen LogP contribution is 2.24. The second-order valence-corrected chi connectivity index (χ2v) is 7.71. The summed E-state index contributed by atoms with van der Waals surface area (Å²) in [6.07, 6.45) is 5.72. The molecule has 0 aliphatic carbocycles. The van der Waals surface area contributed by atoms with Crippen molar-refractivity contribution in [2.75, 3.05) is 18.5 Å². The minimum atomic E-state index is -0.187. The fraction of sp³-hybridized carbons (Fsp3) is 0.474. The standard InChI is InChI=1S/C19H25N3O2S/c1-14-6-8-16(9-7-14)24-13-18(23)21-19-20-11-17(25-19)12-22-10-4-3-5-15(22)2/h6-9,11,15H,3-5,10,12-13H2,1-2H3,(H,20,21,23). The van der Waals surface area contributed by atoms with Crippen LogP contribution in [0.4, 0.5) is 5.13 Å². The maximum absolute atomic E-state index is 12.0. The number of ether oxygens (including phenoxy) is 1. The zero-order chi connectivity index (χ0) is 17.6. The molecule has 0 saturated carbocycles. The van der Waals surface area contributed by atoms with E-state index in [2.05, 4.69) is 22.1 Å². The van der Waals surface area contributed by atoms with Crippen LogP contribution in [-0.4, -0.2) is 35.0 Å². The zero-order valence-corrected chi connectivity index (χ0v) is 15.6. The van der Waals surface area contributed by atoms with E-state index in [-0.39, 0.29) is 12.5 Å². The number of amides is 1. The van der Waals surface area contributed by atoms with Crippen molar-refractivity contribution < 1.29 is 9.53 Å². The van der Waals surface area contributed by atoms with Crippen LogP contribution in [0.15, 0.2) is 30.5 Å². The molecule has 1 N–H and O–H groups in total. The van der Waals surface area contributed by atoms with Gasteiger partial charge >= 0.3 is 0 Å². The van der Waals surface area contributed by atoms with E-state index in [9.17, 15) is 4.79 Å². The number of aryl methyl sites for hydroxylation is 1. The van der Waals surface area contributed by atoms with Gasteiger partial charge in [0.25, 0.3) is 5.91 Å². The topological polar surface area (TPSA) is 54.5 Å². The number of anilines is 1. The van der Waals surface area contributed by atoms with E-state index in [1.165, 1.54) is 24.1 Å². The van der Waals surface area contributed by atoms with Gasteiger partial charge < -0.3 is 4.74 Å². The molecule has 1 aromatic carbocycles. The molecule has 134 valence electrons. The Morgan fingerprint density at radius 1 is 1.36 bits per heavy atom. The summed E-state index contributed by atoms with van der Waals surface area (Å²) >= 11 is 1.54. The molecular formula is C19H25N3O2S. The normalized spacial score (nSPS) is 18.1. The fourth-order valence-electron chi connectivity index (χ4n) is 2.97. The number of benzene rings is 1. The molecule has 6 heteroatoms. The summed E-state index contributed by atoms with van der Waals surface area (Å²) in [5.41, 5.74) is 1.16. The molecule has 1 fully saturated rings. The number of aromatic nitrogens is 1. The molecule has 1 unspecified atom stereocenters. The highest BCUT2D eigenvalue weighted by atomic mass is 32.1. The molecule has 5 nitrogen and oxygen atoms in total. The Morgan fingerprint density at radius 3 is 2.92 bits per heavy atom. The molecule has 1 aliphatic heterocycles. The number of hydrogen-bond donors (Lipinski definition) is 1. The van der Waals surface area contributed by atoms with Gasteiger partial charge in [0, 0.05) is 23.7 Å². The maximum atomic E-state index is 12.0. The van der Waals surface area contributed by atoms with Crippen molar-refractivity contribution in [1.82, 2.24) is 9.88 Å². The third-order valence-corrected chi connectivity index (χ3v) is 5.39. The van der Waals surface area contributed by atoms with E-state index in [0.29, 0.717) is 16.9 Å². The van der Waals surface area contributed by atoms with Crippen molar-refractivity contribution in [3.05, 3.63) is 40.9 Å². The molecule has 3 rings (SSSR count). The number of nitrogens with one attached hydrogen (secondary N) is 1. The van der Waals surface area contributed by atoms with Crippen LogP contribution in [0.1, 0.15) is 36.6 Å². The van der Waals surface area contributed by atoms with Gasteiger partial charge in [0.05, 0.1) is 0 Å². The lowest BCUT2D eigenvalue weighted by molar-refractivity contribution is -0.118. The first kappa shape index (κ1) is 17.9. The molecule has 1 aromatic heterocycles. The van der Waals surface area contributed by atoms with Gasteiger partial charge in [0.1, 0.15) is 5.75 Å². The number of likely N-dealkylation sites (tertiary alicyclic amines) is 1. The van der Waals surface area contributed by atoms with Gasteiger partial charge in [-0.2, -0.15) is 0 Å². The third-order valence-electron chi connectivity index (χ3n) is 4.49. The molecule has 1 amide bonds. The Kier molecular flexibility index (Phi) is 6.04. The van der Waals surface area contributed by atoms with Crippen LogP contribution in [0.2, 0.25) is 0 Å². The molecule has 0 bridgehead atoms. The quantitative estimate of drug-likeness (QED) is 0.851. The monoisotopic (exact) mass is 359 g/mol. The predicted octanol–water partition coefficient (Wildman–Crippen LogP) is 3.84. The second-order valence-electron chi connectivity index (χ2n) is 6.60. The maximum Gasteiger partial charge on any atom is 0.264 e. The number of nitrogens with zero attached hydrogens (tertiary/aromatic N) is 2. The Morgan fingerprint density at radius 2 is 2.16 bits per heavy atom. The summed E-state index contributed by atoms with van der Waals surface area (Å²) in [6.45, 7) is 6.34. The average Bonchev–Trinajstić information content (AvgIpc) is 3.03. The summed E-state index contributed by atoms with van der Waals surface area (Å²) < 4.78 is 5.49. The molecule has 1 atom stereocenters. The molecule has 2 heterocycles. The number of carbonyl (C=O) groups is 1. The van der Waals surface area contributed by atoms with Gasteiger partial charge in [0.15, 0.2) is 11.7 Å². The molecular weight excluding hydrogens is 334 g/mol. The van der Waals surface area contributed by atoms with Crippen molar-refractivity contribution in [3.63, 3.8) is 0 Å². The minimum absolute atomic E-state index is 0.0128. The number of hydrogen-bond acceptors (Lipinski definition) is 5. The Labute approximate surface area is 153 Å². The number of thiazole rings is 1. The van der Waals surface area contributed by atoms with Crippen LogP contribution < -0.4 is 10.1 Å². The van der Waals surface area contributed by atoms with Crippen molar-refractivity contribution in [2.24, 2.45) is 0 Å². The number of piperidine rings is 1. The van der Waals surface area contributed by atoms with Gasteiger partial charge in [-0.05, 0) is 45.4 Å². The molecule has 1 saturated heterocycles. The third kappa shape index (κ3) is 5.28. The molecule has 25 heavy (non-hydrogen) atoms. The van der Waals surface area contributed by atoms with Gasteiger partial charge in [0.2, 0.25) is 0 Å². The fourth-order valence-corrected chi connectivity index (χ4v) is 3.82. The molecule has 0 radical (unpaired) electrons. The first-order chi connectivity index (χ1) is 12.1. The summed E-state index contributed by atoms with van der Waals surface area (Å²) in [5, 5.41) is 3.45. The predicted molar refractivity (Wildman–Crippen MR) is 101 cm³/mol. The first-order valence-electron chi connectivity index (χ1n) is 8.78. The molecule has 2 aromatic rings. The lowest BCUT2D eigenvalue weighted by atomic mass is 10.0. The average molecular weight is 359 g/mol. The van der Waals surface area contributed by atoms with Gasteiger partial charge in [-0.1, -0.05) is 24.1 Å². The summed E-state index contributed by atoms with van der Waals surface area (Å²) in [5.74, 6) is 0.507. The Balaban J connectivity index is 1.47. The van der Waals surface area contributed by atoms with Crippen molar-refractivity contribution >= 4 is 22.4 Å². The Hall–Kier alpha value is -1.92. The van der Waals surface area contributed by atoms with E-state index in [1.807, 2.05) is 37.4 Å². The van der Waals surface area contributed by atoms with Crippen LogP contribution in [0, 0.1) is 6.92 Å². The van der Waals surface area contributed by atoms with Crippen LogP contribution in [0.3, 0.4) is 0 Å². The van der Waals surface area contributed by atoms with Crippen molar-refractivity contribution in [2.45, 2.75) is 45.7 Å². The van der Waals surface area contributed by atoms with Gasteiger partial charge in [-0.15, -0.1) is 11.3 Å². The van der Waals surface area contributed by atoms with E-state index in [1.54, 1.807) is 11.3 Å². The van der Waals surface area contributed by atoms with Crippen LogP contribution in [0.5, 0.6) is 5.75 Å².